The molecule has 0 bridgehead atoms. The van der Waals surface area contributed by atoms with Crippen LogP contribution in [0.1, 0.15) is 22.5 Å². The number of alkyl halides is 3. The third kappa shape index (κ3) is 3.97. The van der Waals surface area contributed by atoms with Crippen LogP contribution in [0.2, 0.25) is 5.02 Å². The maximum Gasteiger partial charge on any atom is 0.436 e. The SMILES string of the molecule is Cc1cccc(N2CCN(C(=O)Cn3nc(C(F)(F)F)c(Cl)c3C)CC2)c1C. The molecule has 1 amide bonds. The summed E-state index contributed by atoms with van der Waals surface area (Å²) in [7, 11) is 0. The van der Waals surface area contributed by atoms with Gasteiger partial charge in [0, 0.05) is 31.9 Å². The van der Waals surface area contributed by atoms with E-state index in [-0.39, 0.29) is 18.1 Å². The largest absolute Gasteiger partial charge is 0.436 e. The third-order valence-electron chi connectivity index (χ3n) is 5.24. The van der Waals surface area contributed by atoms with E-state index in [9.17, 15) is 18.0 Å². The van der Waals surface area contributed by atoms with Gasteiger partial charge in [-0.1, -0.05) is 23.7 Å². The van der Waals surface area contributed by atoms with Crippen LogP contribution < -0.4 is 4.90 Å². The van der Waals surface area contributed by atoms with Crippen molar-refractivity contribution in [2.24, 2.45) is 0 Å². The molecule has 1 aromatic heterocycles. The van der Waals surface area contributed by atoms with Crippen molar-refractivity contribution < 1.29 is 18.0 Å². The minimum Gasteiger partial charge on any atom is -0.368 e. The number of benzene rings is 1. The van der Waals surface area contributed by atoms with Gasteiger partial charge in [0.25, 0.3) is 0 Å². The lowest BCUT2D eigenvalue weighted by Crippen LogP contribution is -2.50. The number of halogens is 4. The molecule has 0 N–H and O–H groups in total. The van der Waals surface area contributed by atoms with Crippen LogP contribution in [0.25, 0.3) is 0 Å². The summed E-state index contributed by atoms with van der Waals surface area (Å²) in [5, 5.41) is 3.04. The Bertz CT molecular complexity index is 886. The van der Waals surface area contributed by atoms with E-state index >= 15 is 0 Å². The number of carbonyl (C=O) groups is 1. The summed E-state index contributed by atoms with van der Waals surface area (Å²) >= 11 is 5.75. The number of aryl methyl sites for hydroxylation is 1. The van der Waals surface area contributed by atoms with E-state index < -0.39 is 16.9 Å². The molecular formula is C19H22ClF3N4O. The van der Waals surface area contributed by atoms with Crippen LogP contribution in [0, 0.1) is 20.8 Å². The number of anilines is 1. The first-order valence-corrected chi connectivity index (χ1v) is 9.36. The summed E-state index contributed by atoms with van der Waals surface area (Å²) in [6, 6.07) is 6.14. The molecule has 0 saturated carbocycles. The fraction of sp³-hybridized carbons (Fsp3) is 0.474. The van der Waals surface area contributed by atoms with Crippen molar-refractivity contribution in [3.8, 4) is 0 Å². The minimum absolute atomic E-state index is 0.136. The first kappa shape index (κ1) is 20.5. The Morgan fingerprint density at radius 3 is 2.36 bits per heavy atom. The topological polar surface area (TPSA) is 41.4 Å². The average molecular weight is 415 g/mol. The van der Waals surface area contributed by atoms with Gasteiger partial charge in [-0.25, -0.2) is 0 Å². The van der Waals surface area contributed by atoms with Crippen molar-refractivity contribution in [2.75, 3.05) is 31.1 Å². The molecule has 5 nitrogen and oxygen atoms in total. The normalized spacial score (nSPS) is 15.2. The molecule has 3 rings (SSSR count). The number of rotatable bonds is 3. The molecule has 1 aliphatic rings. The van der Waals surface area contributed by atoms with Gasteiger partial charge in [-0.05, 0) is 38.0 Å². The van der Waals surface area contributed by atoms with Crippen molar-refractivity contribution >= 4 is 23.2 Å². The van der Waals surface area contributed by atoms with E-state index in [1.54, 1.807) is 4.90 Å². The van der Waals surface area contributed by atoms with Gasteiger partial charge in [0.1, 0.15) is 6.54 Å². The van der Waals surface area contributed by atoms with Gasteiger partial charge >= 0.3 is 6.18 Å². The lowest BCUT2D eigenvalue weighted by molar-refractivity contribution is -0.142. The quantitative estimate of drug-likeness (QED) is 0.766. The molecule has 1 aromatic carbocycles. The Labute approximate surface area is 166 Å². The first-order valence-electron chi connectivity index (χ1n) is 8.98. The second-order valence-electron chi connectivity index (χ2n) is 6.99. The molecule has 0 unspecified atom stereocenters. The summed E-state index contributed by atoms with van der Waals surface area (Å²) in [5.74, 6) is -0.267. The van der Waals surface area contributed by atoms with Crippen LogP contribution in [-0.2, 0) is 17.5 Å². The van der Waals surface area contributed by atoms with Crippen LogP contribution in [0.3, 0.4) is 0 Å². The summed E-state index contributed by atoms with van der Waals surface area (Å²) in [4.78, 5) is 16.5. The molecule has 1 fully saturated rings. The van der Waals surface area contributed by atoms with Crippen LogP contribution in [0.4, 0.5) is 18.9 Å². The van der Waals surface area contributed by atoms with E-state index in [2.05, 4.69) is 36.0 Å². The van der Waals surface area contributed by atoms with Crippen LogP contribution >= 0.6 is 11.6 Å². The van der Waals surface area contributed by atoms with Gasteiger partial charge < -0.3 is 9.80 Å². The van der Waals surface area contributed by atoms with Gasteiger partial charge in [0.15, 0.2) is 5.69 Å². The molecule has 2 heterocycles. The summed E-state index contributed by atoms with van der Waals surface area (Å²) < 4.78 is 39.8. The molecule has 0 atom stereocenters. The van der Waals surface area contributed by atoms with Crippen molar-refractivity contribution in [1.29, 1.82) is 0 Å². The van der Waals surface area contributed by atoms with E-state index in [4.69, 9.17) is 11.6 Å². The molecule has 1 saturated heterocycles. The third-order valence-corrected chi connectivity index (χ3v) is 5.69. The van der Waals surface area contributed by atoms with Gasteiger partial charge in [-0.3, -0.25) is 9.48 Å². The number of hydrogen-bond donors (Lipinski definition) is 0. The number of carbonyl (C=O) groups excluding carboxylic acids is 1. The second kappa shape index (κ2) is 7.66. The molecular weight excluding hydrogens is 393 g/mol. The number of amides is 1. The number of hydrogen-bond acceptors (Lipinski definition) is 3. The monoisotopic (exact) mass is 414 g/mol. The maximum absolute atomic E-state index is 12.9. The Hall–Kier alpha value is -2.22. The standard InChI is InChI=1S/C19H22ClF3N4O/c1-12-5-4-6-15(13(12)2)25-7-9-26(10-8-25)16(28)11-27-14(3)17(20)18(24-27)19(21,22)23/h4-6H,7-11H2,1-3H3. The van der Waals surface area contributed by atoms with Crippen molar-refractivity contribution in [3.63, 3.8) is 0 Å². The number of piperazine rings is 1. The molecule has 28 heavy (non-hydrogen) atoms. The van der Waals surface area contributed by atoms with Crippen LogP contribution in [0.15, 0.2) is 18.2 Å². The highest BCUT2D eigenvalue weighted by Gasteiger charge is 2.38. The fourth-order valence-corrected chi connectivity index (χ4v) is 3.60. The Kier molecular flexibility index (Phi) is 5.61. The van der Waals surface area contributed by atoms with E-state index in [1.165, 1.54) is 18.1 Å². The zero-order valence-corrected chi connectivity index (χ0v) is 16.7. The maximum atomic E-state index is 12.9. The van der Waals surface area contributed by atoms with Gasteiger partial charge in [-0.15, -0.1) is 0 Å². The van der Waals surface area contributed by atoms with Gasteiger partial charge in [0.2, 0.25) is 5.91 Å². The van der Waals surface area contributed by atoms with Gasteiger partial charge in [0.05, 0.1) is 10.7 Å². The highest BCUT2D eigenvalue weighted by atomic mass is 35.5. The van der Waals surface area contributed by atoms with E-state index in [0.29, 0.717) is 26.2 Å². The first-order chi connectivity index (χ1) is 13.1. The zero-order valence-electron chi connectivity index (χ0n) is 16.0. The highest BCUT2D eigenvalue weighted by molar-refractivity contribution is 6.32. The number of aromatic nitrogens is 2. The molecule has 0 aliphatic carbocycles. The Morgan fingerprint density at radius 1 is 1.14 bits per heavy atom. The lowest BCUT2D eigenvalue weighted by Gasteiger charge is -2.37. The minimum atomic E-state index is -4.65. The van der Waals surface area contributed by atoms with Crippen molar-refractivity contribution in [2.45, 2.75) is 33.5 Å². The number of nitrogens with zero attached hydrogens (tertiary/aromatic N) is 4. The lowest BCUT2D eigenvalue weighted by atomic mass is 10.1. The molecule has 1 aliphatic heterocycles. The van der Waals surface area contributed by atoms with E-state index in [1.807, 2.05) is 6.07 Å². The molecule has 0 spiro atoms. The van der Waals surface area contributed by atoms with Crippen molar-refractivity contribution in [3.05, 3.63) is 45.7 Å². The van der Waals surface area contributed by atoms with E-state index in [0.717, 1.165) is 10.4 Å². The molecule has 152 valence electrons. The molecule has 9 heteroatoms. The van der Waals surface area contributed by atoms with Crippen molar-refractivity contribution in [1.82, 2.24) is 14.7 Å². The van der Waals surface area contributed by atoms with Crippen LogP contribution in [0.5, 0.6) is 0 Å². The Balaban J connectivity index is 1.66. The molecule has 2 aromatic rings. The van der Waals surface area contributed by atoms with Gasteiger partial charge in [-0.2, -0.15) is 18.3 Å². The summed E-state index contributed by atoms with van der Waals surface area (Å²) in [6.07, 6.45) is -4.65. The van der Waals surface area contributed by atoms with Crippen LogP contribution in [-0.4, -0.2) is 46.8 Å². The molecule has 0 radical (unpaired) electrons. The highest BCUT2D eigenvalue weighted by Crippen LogP contribution is 2.35. The Morgan fingerprint density at radius 2 is 1.79 bits per heavy atom. The smallest absolute Gasteiger partial charge is 0.368 e. The zero-order chi connectivity index (χ0) is 20.6. The summed E-state index contributed by atoms with van der Waals surface area (Å²) in [5.41, 5.74) is 2.55. The summed E-state index contributed by atoms with van der Waals surface area (Å²) in [6.45, 7) is 7.65. The predicted molar refractivity (Wildman–Crippen MR) is 102 cm³/mol. The second-order valence-corrected chi connectivity index (χ2v) is 7.37. The fourth-order valence-electron chi connectivity index (χ4n) is 3.36. The predicted octanol–water partition coefficient (Wildman–Crippen LogP) is 3.83. The average Bonchev–Trinajstić information content (AvgIpc) is 2.93.